The summed E-state index contributed by atoms with van der Waals surface area (Å²) in [7, 11) is 0. The Morgan fingerprint density at radius 1 is 1.41 bits per heavy atom. The average Bonchev–Trinajstić information content (AvgIpc) is 2.39. The van der Waals surface area contributed by atoms with E-state index in [2.05, 4.69) is 4.99 Å². The van der Waals surface area contributed by atoms with Crippen molar-refractivity contribution in [1.82, 2.24) is 0 Å². The highest BCUT2D eigenvalue weighted by Crippen LogP contribution is 2.30. The summed E-state index contributed by atoms with van der Waals surface area (Å²) in [4.78, 5) is 15.4. The molecule has 1 heterocycles. The van der Waals surface area contributed by atoms with Crippen LogP contribution in [-0.2, 0) is 0 Å². The van der Waals surface area contributed by atoms with Crippen molar-refractivity contribution in [3.63, 3.8) is 0 Å². The van der Waals surface area contributed by atoms with Gasteiger partial charge in [0, 0.05) is 17.1 Å². The zero-order chi connectivity index (χ0) is 12.3. The molecule has 0 bridgehead atoms. The number of aliphatic imine (C=N–C) groups is 1. The van der Waals surface area contributed by atoms with Crippen LogP contribution >= 0.6 is 0 Å². The fourth-order valence-electron chi connectivity index (χ4n) is 2.26. The Hall–Kier alpha value is -1.71. The number of rotatable bonds is 3. The molecule has 1 aromatic rings. The molecule has 1 aliphatic heterocycles. The topological polar surface area (TPSA) is 55.5 Å². The molecule has 0 unspecified atom stereocenters. The van der Waals surface area contributed by atoms with Crippen LogP contribution in [0.2, 0.25) is 0 Å². The monoisotopic (exact) mass is 232 g/mol. The lowest BCUT2D eigenvalue weighted by Gasteiger charge is -2.23. The third-order valence-corrected chi connectivity index (χ3v) is 3.23. The van der Waals surface area contributed by atoms with Gasteiger partial charge < -0.3 is 0 Å². The third kappa shape index (κ3) is 2.52. The summed E-state index contributed by atoms with van der Waals surface area (Å²) < 4.78 is 0. The van der Waals surface area contributed by atoms with E-state index in [1.165, 1.54) is 0 Å². The predicted octanol–water partition coefficient (Wildman–Crippen LogP) is 3.02. The van der Waals surface area contributed by atoms with Gasteiger partial charge in [0.15, 0.2) is 0 Å². The van der Waals surface area contributed by atoms with Crippen LogP contribution in [0.4, 0.5) is 0 Å². The van der Waals surface area contributed by atoms with E-state index in [1.54, 1.807) is 0 Å². The van der Waals surface area contributed by atoms with E-state index in [0.29, 0.717) is 6.42 Å². The van der Waals surface area contributed by atoms with Crippen molar-refractivity contribution in [3.05, 3.63) is 46.0 Å². The molecule has 17 heavy (non-hydrogen) atoms. The van der Waals surface area contributed by atoms with E-state index in [-0.39, 0.29) is 11.0 Å². The number of nitro groups is 1. The maximum Gasteiger partial charge on any atom is 0.239 e. The first-order valence-electron chi connectivity index (χ1n) is 5.96. The predicted molar refractivity (Wildman–Crippen MR) is 66.9 cm³/mol. The van der Waals surface area contributed by atoms with Crippen LogP contribution in [0.3, 0.4) is 0 Å². The van der Waals surface area contributed by atoms with Crippen LogP contribution in [0.15, 0.2) is 35.3 Å². The summed E-state index contributed by atoms with van der Waals surface area (Å²) in [5.41, 5.74) is 2.04. The Morgan fingerprint density at radius 2 is 2.12 bits per heavy atom. The molecule has 0 aromatic heterocycles. The molecule has 1 aromatic carbocycles. The van der Waals surface area contributed by atoms with E-state index < -0.39 is 6.04 Å². The van der Waals surface area contributed by atoms with Crippen LogP contribution in [-0.4, -0.2) is 16.7 Å². The largest absolute Gasteiger partial charge is 0.279 e. The first-order valence-corrected chi connectivity index (χ1v) is 5.96. The molecule has 0 aliphatic carbocycles. The Labute approximate surface area is 101 Å². The summed E-state index contributed by atoms with van der Waals surface area (Å²) in [5.74, 6) is 0. The molecule has 1 aliphatic rings. The summed E-state index contributed by atoms with van der Waals surface area (Å²) in [5, 5.41) is 11.1. The van der Waals surface area contributed by atoms with E-state index in [1.807, 2.05) is 37.3 Å². The van der Waals surface area contributed by atoms with E-state index in [9.17, 15) is 10.1 Å². The van der Waals surface area contributed by atoms with Gasteiger partial charge in [-0.1, -0.05) is 37.3 Å². The number of hydrogen-bond acceptors (Lipinski definition) is 3. The smallest absolute Gasteiger partial charge is 0.239 e. The van der Waals surface area contributed by atoms with Crippen molar-refractivity contribution < 1.29 is 4.92 Å². The zero-order valence-corrected chi connectivity index (χ0v) is 9.87. The molecule has 2 atom stereocenters. The van der Waals surface area contributed by atoms with Crippen LogP contribution < -0.4 is 0 Å². The van der Waals surface area contributed by atoms with Gasteiger partial charge in [0.25, 0.3) is 0 Å². The first-order chi connectivity index (χ1) is 8.22. The molecule has 0 radical (unpaired) electrons. The summed E-state index contributed by atoms with van der Waals surface area (Å²) in [6.07, 6.45) is 2.23. The maximum atomic E-state index is 11.1. The molecule has 0 fully saturated rings. The number of nitrogens with zero attached hydrogens (tertiary/aromatic N) is 2. The summed E-state index contributed by atoms with van der Waals surface area (Å²) >= 11 is 0. The minimum Gasteiger partial charge on any atom is -0.279 e. The lowest BCUT2D eigenvalue weighted by atomic mass is 9.91. The van der Waals surface area contributed by atoms with Gasteiger partial charge in [-0.15, -0.1) is 0 Å². The minimum atomic E-state index is -0.576. The first kappa shape index (κ1) is 11.8. The van der Waals surface area contributed by atoms with Crippen LogP contribution in [0.5, 0.6) is 0 Å². The molecule has 90 valence electrons. The highest BCUT2D eigenvalue weighted by molar-refractivity contribution is 5.85. The van der Waals surface area contributed by atoms with Crippen molar-refractivity contribution >= 4 is 5.71 Å². The van der Waals surface area contributed by atoms with E-state index >= 15 is 0 Å². The SMILES string of the molecule is CCC1=N[C@@H](c2ccccc2)[C@@H]([N+](=O)[O-])CC1. The minimum absolute atomic E-state index is 0.187. The highest BCUT2D eigenvalue weighted by atomic mass is 16.6. The average molecular weight is 232 g/mol. The number of benzene rings is 1. The molecule has 2 rings (SSSR count). The molecule has 4 nitrogen and oxygen atoms in total. The van der Waals surface area contributed by atoms with Gasteiger partial charge in [-0.3, -0.25) is 15.1 Å². The van der Waals surface area contributed by atoms with Gasteiger partial charge in [0.05, 0.1) is 0 Å². The summed E-state index contributed by atoms with van der Waals surface area (Å²) in [6, 6.07) is 8.68. The second kappa shape index (κ2) is 5.08. The lowest BCUT2D eigenvalue weighted by molar-refractivity contribution is -0.528. The Balaban J connectivity index is 2.34. The quantitative estimate of drug-likeness (QED) is 0.594. The normalized spacial score (nSPS) is 24.2. The van der Waals surface area contributed by atoms with E-state index in [0.717, 1.165) is 24.1 Å². The molecular weight excluding hydrogens is 216 g/mol. The molecule has 0 spiro atoms. The van der Waals surface area contributed by atoms with Gasteiger partial charge in [-0.25, -0.2) is 0 Å². The molecule has 0 N–H and O–H groups in total. The van der Waals surface area contributed by atoms with Gasteiger partial charge in [0.2, 0.25) is 6.04 Å². The molecule has 0 saturated carbocycles. The van der Waals surface area contributed by atoms with Crippen LogP contribution in [0.1, 0.15) is 37.8 Å². The second-order valence-electron chi connectivity index (χ2n) is 4.30. The number of hydrogen-bond donors (Lipinski definition) is 0. The van der Waals surface area contributed by atoms with Crippen molar-refractivity contribution in [2.24, 2.45) is 4.99 Å². The Kier molecular flexibility index (Phi) is 3.52. The fraction of sp³-hybridized carbons (Fsp3) is 0.462. The Bertz CT molecular complexity index is 428. The zero-order valence-electron chi connectivity index (χ0n) is 9.87. The van der Waals surface area contributed by atoms with E-state index in [4.69, 9.17) is 0 Å². The van der Waals surface area contributed by atoms with Crippen molar-refractivity contribution in [3.8, 4) is 0 Å². The Morgan fingerprint density at radius 3 is 2.71 bits per heavy atom. The molecular formula is C13H16N2O2. The summed E-state index contributed by atoms with van der Waals surface area (Å²) in [6.45, 7) is 2.05. The van der Waals surface area contributed by atoms with Gasteiger partial charge in [0.1, 0.15) is 6.04 Å². The second-order valence-corrected chi connectivity index (χ2v) is 4.30. The maximum absolute atomic E-state index is 11.1. The van der Waals surface area contributed by atoms with Gasteiger partial charge in [-0.2, -0.15) is 0 Å². The molecule has 4 heteroatoms. The van der Waals surface area contributed by atoms with Crippen LogP contribution in [0.25, 0.3) is 0 Å². The standard InChI is InChI=1S/C13H16N2O2/c1-2-11-8-9-12(15(16)17)13(14-11)10-6-4-3-5-7-10/h3-7,12-13H,2,8-9H2,1H3/t12-,13-/m0/s1. The highest BCUT2D eigenvalue weighted by Gasteiger charge is 2.35. The fourth-order valence-corrected chi connectivity index (χ4v) is 2.26. The molecule has 0 saturated heterocycles. The van der Waals surface area contributed by atoms with Gasteiger partial charge in [-0.05, 0) is 18.4 Å². The van der Waals surface area contributed by atoms with Crippen LogP contribution in [0, 0.1) is 10.1 Å². The van der Waals surface area contributed by atoms with Crippen molar-refractivity contribution in [2.45, 2.75) is 38.3 Å². The lowest BCUT2D eigenvalue weighted by Crippen LogP contribution is -2.31. The molecule has 0 amide bonds. The van der Waals surface area contributed by atoms with Crippen molar-refractivity contribution in [1.29, 1.82) is 0 Å². The third-order valence-electron chi connectivity index (χ3n) is 3.23. The van der Waals surface area contributed by atoms with Crippen molar-refractivity contribution in [2.75, 3.05) is 0 Å². The van der Waals surface area contributed by atoms with Gasteiger partial charge >= 0.3 is 0 Å².